The number of benzene rings is 2. The third-order valence-electron chi connectivity index (χ3n) is 7.23. The summed E-state index contributed by atoms with van der Waals surface area (Å²) in [5, 5.41) is 0.404. The lowest BCUT2D eigenvalue weighted by Gasteiger charge is -2.35. The number of likely N-dealkylation sites (N-methyl/N-ethyl adjacent to an activating group) is 1. The van der Waals surface area contributed by atoms with Crippen molar-refractivity contribution >= 4 is 57.6 Å². The molecule has 218 valence electrons. The zero-order chi connectivity index (χ0) is 29.7. The zero-order valence-electron chi connectivity index (χ0n) is 23.0. The number of esters is 2. The molecule has 0 N–H and O–H groups in total. The minimum atomic E-state index is -1.62. The van der Waals surface area contributed by atoms with E-state index < -0.39 is 34.6 Å². The van der Waals surface area contributed by atoms with Gasteiger partial charge < -0.3 is 19.3 Å². The topological polar surface area (TPSA) is 106 Å². The summed E-state index contributed by atoms with van der Waals surface area (Å²) in [4.78, 5) is 49.4. The number of rotatable bonds is 8. The Balaban J connectivity index is 1.90. The Morgan fingerprint density at radius 2 is 1.59 bits per heavy atom. The molecule has 1 fully saturated rings. The number of amides is 1. The summed E-state index contributed by atoms with van der Waals surface area (Å²) in [5.74, 6) is -4.22. The quantitative estimate of drug-likeness (QED) is 0.415. The molecule has 3 atom stereocenters. The van der Waals surface area contributed by atoms with Crippen LogP contribution in [0.2, 0.25) is 10.0 Å². The maximum atomic E-state index is 13.5. The van der Waals surface area contributed by atoms with Crippen LogP contribution in [0.3, 0.4) is 0 Å². The molecule has 2 aromatic rings. The minimum absolute atomic E-state index is 0.0158. The first-order chi connectivity index (χ1) is 19.7. The minimum Gasteiger partial charge on any atom is -0.468 e. The molecule has 3 unspecified atom stereocenters. The molecule has 9 nitrogen and oxygen atoms in total. The molecule has 12 heteroatoms. The Hall–Kier alpha value is -3.05. The molecule has 1 amide bonds. The first kappa shape index (κ1) is 30.9. The molecule has 2 aliphatic heterocycles. The first-order valence-electron chi connectivity index (χ1n) is 13.0. The van der Waals surface area contributed by atoms with Gasteiger partial charge in [0.05, 0.1) is 48.5 Å². The average Bonchev–Trinajstić information content (AvgIpc) is 2.97. The number of hydrogen-bond acceptors (Lipinski definition) is 8. The van der Waals surface area contributed by atoms with E-state index in [1.54, 1.807) is 53.4 Å². The van der Waals surface area contributed by atoms with E-state index >= 15 is 0 Å². The highest BCUT2D eigenvalue weighted by Gasteiger charge is 2.46. The van der Waals surface area contributed by atoms with Crippen molar-refractivity contribution in [2.75, 3.05) is 53.2 Å². The summed E-state index contributed by atoms with van der Waals surface area (Å²) in [6.07, 6.45) is -0.210. The van der Waals surface area contributed by atoms with E-state index in [0.29, 0.717) is 31.1 Å². The second-order valence-corrected chi connectivity index (χ2v) is 12.0. The fourth-order valence-corrected chi connectivity index (χ4v) is 6.80. The molecule has 41 heavy (non-hydrogen) atoms. The number of methoxy groups -OCH3 is 2. The van der Waals surface area contributed by atoms with Crippen LogP contribution in [-0.2, 0) is 34.7 Å². The number of carbonyl (C=O) groups excluding carboxylic acids is 3. The molecule has 1 saturated heterocycles. The molecule has 2 heterocycles. The molecule has 4 rings (SSSR count). The Morgan fingerprint density at radius 1 is 0.951 bits per heavy atom. The van der Waals surface area contributed by atoms with Gasteiger partial charge in [-0.25, -0.2) is 4.79 Å². The van der Waals surface area contributed by atoms with E-state index in [-0.39, 0.29) is 50.7 Å². The number of piperazine rings is 1. The van der Waals surface area contributed by atoms with Crippen molar-refractivity contribution < 1.29 is 28.1 Å². The van der Waals surface area contributed by atoms with Gasteiger partial charge in [0.25, 0.3) is 0 Å². The maximum Gasteiger partial charge on any atom is 0.336 e. The van der Waals surface area contributed by atoms with Crippen molar-refractivity contribution in [2.24, 2.45) is 10.9 Å². The second-order valence-electron chi connectivity index (χ2n) is 9.73. The standard InChI is InChI=1S/C29H31Cl2N3O6S/c1-33-12-14-34(15-13-33)23(35)16-21-25(28(36)39-2)27(24-19(30)10-7-11-20(24)31)26(29(37)40-3)22(32-21)17-41(38)18-8-5-4-6-9-18/h4-11,25,27H,12-17H2,1-3H3. The summed E-state index contributed by atoms with van der Waals surface area (Å²) in [7, 11) is 2.79. The molecule has 0 aromatic heterocycles. The van der Waals surface area contributed by atoms with Crippen LogP contribution in [0.15, 0.2) is 69.7 Å². The van der Waals surface area contributed by atoms with Crippen LogP contribution in [0.4, 0.5) is 0 Å². The monoisotopic (exact) mass is 619 g/mol. The van der Waals surface area contributed by atoms with Gasteiger partial charge in [-0.1, -0.05) is 47.5 Å². The van der Waals surface area contributed by atoms with Gasteiger partial charge in [-0.15, -0.1) is 0 Å². The van der Waals surface area contributed by atoms with Gasteiger partial charge in [-0.2, -0.15) is 0 Å². The lowest BCUT2D eigenvalue weighted by Crippen LogP contribution is -2.48. The lowest BCUT2D eigenvalue weighted by atomic mass is 9.74. The third-order valence-corrected chi connectivity index (χ3v) is 9.22. The average molecular weight is 621 g/mol. The maximum absolute atomic E-state index is 13.5. The Bertz CT molecular complexity index is 1390. The van der Waals surface area contributed by atoms with E-state index in [0.717, 1.165) is 0 Å². The van der Waals surface area contributed by atoms with Crippen molar-refractivity contribution in [1.29, 1.82) is 0 Å². The van der Waals surface area contributed by atoms with Crippen molar-refractivity contribution in [3.8, 4) is 0 Å². The molecule has 0 saturated carbocycles. The fraction of sp³-hybridized carbons (Fsp3) is 0.379. The number of aliphatic imine (C=N–C) groups is 1. The Morgan fingerprint density at radius 3 is 2.17 bits per heavy atom. The fourth-order valence-electron chi connectivity index (χ4n) is 5.08. The van der Waals surface area contributed by atoms with Crippen molar-refractivity contribution in [3.63, 3.8) is 0 Å². The Labute approximate surface area is 251 Å². The van der Waals surface area contributed by atoms with Crippen molar-refractivity contribution in [2.45, 2.75) is 17.2 Å². The highest BCUT2D eigenvalue weighted by atomic mass is 35.5. The molecule has 0 bridgehead atoms. The van der Waals surface area contributed by atoms with Gasteiger partial charge in [0.1, 0.15) is 5.92 Å². The second kappa shape index (κ2) is 13.7. The number of halogens is 2. The smallest absolute Gasteiger partial charge is 0.336 e. The molecule has 0 spiro atoms. The SMILES string of the molecule is COC(=O)C1=C(CS(=O)c2ccccc2)N=C(CC(=O)N2CCN(C)CC2)C(C(=O)OC)C1c1c(Cl)cccc1Cl. The molecule has 0 radical (unpaired) electrons. The van der Waals surface area contributed by atoms with Crippen LogP contribution in [0.1, 0.15) is 17.9 Å². The molecular formula is C29H31Cl2N3O6S. The van der Waals surface area contributed by atoms with Gasteiger partial charge in [-0.3, -0.25) is 18.8 Å². The normalized spacial score (nSPS) is 20.3. The summed E-state index contributed by atoms with van der Waals surface area (Å²) in [6.45, 7) is 2.48. The van der Waals surface area contributed by atoms with Crippen LogP contribution in [0, 0.1) is 5.92 Å². The zero-order valence-corrected chi connectivity index (χ0v) is 25.3. The number of hydrogen-bond donors (Lipinski definition) is 0. The van der Waals surface area contributed by atoms with E-state index in [9.17, 15) is 18.6 Å². The molecule has 2 aromatic carbocycles. The van der Waals surface area contributed by atoms with E-state index in [4.69, 9.17) is 37.7 Å². The predicted molar refractivity (Wildman–Crippen MR) is 158 cm³/mol. The van der Waals surface area contributed by atoms with E-state index in [1.807, 2.05) is 7.05 Å². The summed E-state index contributed by atoms with van der Waals surface area (Å²) in [6, 6.07) is 13.6. The van der Waals surface area contributed by atoms with Crippen molar-refractivity contribution in [1.82, 2.24) is 9.80 Å². The van der Waals surface area contributed by atoms with Gasteiger partial charge >= 0.3 is 11.9 Å². The molecule has 0 aliphatic carbocycles. The Kier molecular flexibility index (Phi) is 10.4. The van der Waals surface area contributed by atoms with Crippen molar-refractivity contribution in [3.05, 3.63) is 75.4 Å². The van der Waals surface area contributed by atoms with Gasteiger partial charge in [-0.05, 0) is 36.9 Å². The third kappa shape index (κ3) is 6.89. The number of nitrogens with zero attached hydrogens (tertiary/aromatic N) is 3. The van der Waals surface area contributed by atoms with Gasteiger partial charge in [0.2, 0.25) is 5.91 Å². The lowest BCUT2D eigenvalue weighted by molar-refractivity contribution is -0.143. The van der Waals surface area contributed by atoms with Crippen LogP contribution in [0.25, 0.3) is 0 Å². The van der Waals surface area contributed by atoms with Crippen LogP contribution >= 0.6 is 23.2 Å². The highest BCUT2D eigenvalue weighted by Crippen LogP contribution is 2.46. The number of ether oxygens (including phenoxy) is 2. The van der Waals surface area contributed by atoms with Crippen LogP contribution in [0.5, 0.6) is 0 Å². The summed E-state index contributed by atoms with van der Waals surface area (Å²) in [5.41, 5.74) is 0.572. The van der Waals surface area contributed by atoms with E-state index in [2.05, 4.69) is 4.90 Å². The summed E-state index contributed by atoms with van der Waals surface area (Å²) >= 11 is 13.3. The van der Waals surface area contributed by atoms with E-state index in [1.165, 1.54) is 14.2 Å². The largest absolute Gasteiger partial charge is 0.468 e. The van der Waals surface area contributed by atoms with Gasteiger partial charge in [0, 0.05) is 52.7 Å². The van der Waals surface area contributed by atoms with Gasteiger partial charge in [0.15, 0.2) is 0 Å². The highest BCUT2D eigenvalue weighted by molar-refractivity contribution is 7.85. The molecular weight excluding hydrogens is 589 g/mol. The van der Waals surface area contributed by atoms with Crippen LogP contribution in [-0.4, -0.2) is 90.8 Å². The predicted octanol–water partition coefficient (Wildman–Crippen LogP) is 3.72. The summed E-state index contributed by atoms with van der Waals surface area (Å²) < 4.78 is 23.8. The van der Waals surface area contributed by atoms with Crippen LogP contribution < -0.4 is 0 Å². The number of carbonyl (C=O) groups is 3. The first-order valence-corrected chi connectivity index (χ1v) is 15.0. The molecule has 2 aliphatic rings.